The van der Waals surface area contributed by atoms with Crippen molar-refractivity contribution in [2.45, 2.75) is 18.9 Å². The van der Waals surface area contributed by atoms with Crippen LogP contribution in [0, 0.1) is 0 Å². The van der Waals surface area contributed by atoms with E-state index in [0.29, 0.717) is 23.8 Å². The summed E-state index contributed by atoms with van der Waals surface area (Å²) in [6.45, 7) is 0.683. The maximum atomic E-state index is 13.4. The number of fused-ring (bicyclic) bond motifs is 1. The number of hydrogen-bond acceptors (Lipinski definition) is 4. The van der Waals surface area contributed by atoms with Crippen LogP contribution in [0.5, 0.6) is 0 Å². The third kappa shape index (κ3) is 3.34. The Balaban J connectivity index is 1.46. The van der Waals surface area contributed by atoms with Crippen LogP contribution >= 0.6 is 15.9 Å². The first-order chi connectivity index (χ1) is 14.2. The third-order valence-electron chi connectivity index (χ3n) is 5.36. The van der Waals surface area contributed by atoms with Crippen molar-refractivity contribution in [3.8, 4) is 11.4 Å². The number of carbonyl (C=O) groups excluding carboxylic acids is 1. The molecule has 0 aliphatic carbocycles. The Morgan fingerprint density at radius 1 is 1.03 bits per heavy atom. The molecule has 1 atom stereocenters. The molecule has 29 heavy (non-hydrogen) atoms. The lowest BCUT2D eigenvalue weighted by atomic mass is 10.0. The van der Waals surface area contributed by atoms with Gasteiger partial charge in [-0.3, -0.25) is 4.79 Å². The fourth-order valence-electron chi connectivity index (χ4n) is 3.92. The van der Waals surface area contributed by atoms with Crippen molar-refractivity contribution >= 4 is 32.6 Å². The van der Waals surface area contributed by atoms with E-state index >= 15 is 0 Å². The highest BCUT2D eigenvalue weighted by Gasteiger charge is 2.35. The molecule has 2 heterocycles. The maximum absolute atomic E-state index is 13.4. The standard InChI is InChI=1S/C23H18BrN3O2/c24-17-12-10-16(11-13-17)21-25-22(29-26-21)20-9-4-14-27(20)23(28)19-8-3-6-15-5-1-2-7-18(15)19/h1-3,5-8,10-13,20H,4,9,14H2. The average molecular weight is 448 g/mol. The zero-order valence-electron chi connectivity index (χ0n) is 15.6. The molecule has 5 nitrogen and oxygen atoms in total. The van der Waals surface area contributed by atoms with E-state index in [1.54, 1.807) is 0 Å². The topological polar surface area (TPSA) is 59.2 Å². The van der Waals surface area contributed by atoms with Gasteiger partial charge in [0.25, 0.3) is 5.91 Å². The number of carbonyl (C=O) groups is 1. The molecule has 1 aromatic heterocycles. The normalized spacial score (nSPS) is 16.4. The van der Waals surface area contributed by atoms with Gasteiger partial charge in [0, 0.05) is 22.1 Å². The molecule has 0 saturated carbocycles. The third-order valence-corrected chi connectivity index (χ3v) is 5.89. The fourth-order valence-corrected chi connectivity index (χ4v) is 4.18. The summed E-state index contributed by atoms with van der Waals surface area (Å²) in [5.41, 5.74) is 1.59. The zero-order chi connectivity index (χ0) is 19.8. The minimum atomic E-state index is -0.196. The summed E-state index contributed by atoms with van der Waals surface area (Å²) < 4.78 is 6.56. The predicted octanol–water partition coefficient (Wildman–Crippen LogP) is 5.63. The van der Waals surface area contributed by atoms with E-state index in [1.807, 2.05) is 71.6 Å². The Labute approximate surface area is 176 Å². The van der Waals surface area contributed by atoms with Crippen molar-refractivity contribution in [3.05, 3.63) is 82.7 Å². The number of benzene rings is 3. The van der Waals surface area contributed by atoms with Crippen LogP contribution in [-0.4, -0.2) is 27.5 Å². The molecule has 1 aliphatic heterocycles. The van der Waals surface area contributed by atoms with Gasteiger partial charge in [0.05, 0.1) is 0 Å². The monoisotopic (exact) mass is 447 g/mol. The Bertz CT molecular complexity index is 1180. The van der Waals surface area contributed by atoms with Gasteiger partial charge in [-0.25, -0.2) is 0 Å². The lowest BCUT2D eigenvalue weighted by Gasteiger charge is -2.22. The van der Waals surface area contributed by atoms with Crippen molar-refractivity contribution < 1.29 is 9.32 Å². The van der Waals surface area contributed by atoms with Crippen molar-refractivity contribution in [1.82, 2.24) is 15.0 Å². The van der Waals surface area contributed by atoms with Gasteiger partial charge < -0.3 is 9.42 Å². The van der Waals surface area contributed by atoms with Crippen LogP contribution in [0.3, 0.4) is 0 Å². The second-order valence-corrected chi connectivity index (χ2v) is 8.06. The predicted molar refractivity (Wildman–Crippen MR) is 114 cm³/mol. The molecule has 144 valence electrons. The largest absolute Gasteiger partial charge is 0.337 e. The molecule has 1 aliphatic rings. The highest BCUT2D eigenvalue weighted by Crippen LogP contribution is 2.34. The molecule has 0 radical (unpaired) electrons. The van der Waals surface area contributed by atoms with Crippen LogP contribution in [0.1, 0.15) is 35.1 Å². The first kappa shape index (κ1) is 18.1. The van der Waals surface area contributed by atoms with Gasteiger partial charge in [-0.15, -0.1) is 0 Å². The van der Waals surface area contributed by atoms with Gasteiger partial charge >= 0.3 is 0 Å². The molecule has 0 bridgehead atoms. The molecule has 6 heteroatoms. The summed E-state index contributed by atoms with van der Waals surface area (Å²) >= 11 is 3.43. The molecule has 1 unspecified atom stereocenters. The van der Waals surface area contributed by atoms with E-state index in [9.17, 15) is 4.79 Å². The molecule has 0 N–H and O–H groups in total. The van der Waals surface area contributed by atoms with Gasteiger partial charge in [0.15, 0.2) is 0 Å². The minimum Gasteiger partial charge on any atom is -0.337 e. The zero-order valence-corrected chi connectivity index (χ0v) is 17.2. The molecule has 1 amide bonds. The van der Waals surface area contributed by atoms with Crippen LogP contribution < -0.4 is 0 Å². The Kier molecular flexibility index (Phi) is 4.64. The number of likely N-dealkylation sites (tertiary alicyclic amines) is 1. The van der Waals surface area contributed by atoms with E-state index in [0.717, 1.165) is 33.7 Å². The van der Waals surface area contributed by atoms with E-state index in [1.165, 1.54) is 0 Å². The SMILES string of the molecule is O=C(c1cccc2ccccc12)N1CCCC1c1nc(-c2ccc(Br)cc2)no1. The molecule has 4 aromatic rings. The van der Waals surface area contributed by atoms with Crippen LogP contribution in [0.25, 0.3) is 22.2 Å². The quantitative estimate of drug-likeness (QED) is 0.408. The Morgan fingerprint density at radius 2 is 1.83 bits per heavy atom. The average Bonchev–Trinajstić information content (AvgIpc) is 3.43. The van der Waals surface area contributed by atoms with Crippen LogP contribution in [0.4, 0.5) is 0 Å². The highest BCUT2D eigenvalue weighted by molar-refractivity contribution is 9.10. The lowest BCUT2D eigenvalue weighted by Crippen LogP contribution is -2.30. The summed E-state index contributed by atoms with van der Waals surface area (Å²) in [6, 6.07) is 21.4. The maximum Gasteiger partial charge on any atom is 0.255 e. The van der Waals surface area contributed by atoms with Crippen LogP contribution in [0.15, 0.2) is 75.7 Å². The smallest absolute Gasteiger partial charge is 0.255 e. The van der Waals surface area contributed by atoms with Gasteiger partial charge in [0.1, 0.15) is 6.04 Å². The van der Waals surface area contributed by atoms with Gasteiger partial charge in [-0.1, -0.05) is 57.5 Å². The molecular formula is C23H18BrN3O2. The van der Waals surface area contributed by atoms with Crippen LogP contribution in [-0.2, 0) is 0 Å². The summed E-state index contributed by atoms with van der Waals surface area (Å²) in [5.74, 6) is 1.04. The molecular weight excluding hydrogens is 430 g/mol. The second-order valence-electron chi connectivity index (χ2n) is 7.15. The molecule has 0 spiro atoms. The van der Waals surface area contributed by atoms with Crippen molar-refractivity contribution in [1.29, 1.82) is 0 Å². The highest BCUT2D eigenvalue weighted by atomic mass is 79.9. The number of halogens is 1. The van der Waals surface area contributed by atoms with Gasteiger partial charge in [0.2, 0.25) is 11.7 Å². The number of rotatable bonds is 3. The van der Waals surface area contributed by atoms with Crippen LogP contribution in [0.2, 0.25) is 0 Å². The molecule has 5 rings (SSSR count). The molecule has 1 saturated heterocycles. The van der Waals surface area contributed by atoms with Gasteiger partial charge in [-0.2, -0.15) is 4.98 Å². The number of nitrogens with zero attached hydrogens (tertiary/aromatic N) is 3. The summed E-state index contributed by atoms with van der Waals surface area (Å²) in [4.78, 5) is 19.8. The Hall–Kier alpha value is -2.99. The van der Waals surface area contributed by atoms with E-state index in [4.69, 9.17) is 4.52 Å². The summed E-state index contributed by atoms with van der Waals surface area (Å²) in [6.07, 6.45) is 1.73. The molecule has 3 aromatic carbocycles. The fraction of sp³-hybridized carbons (Fsp3) is 0.174. The molecule has 1 fully saturated rings. The second kappa shape index (κ2) is 7.44. The Morgan fingerprint density at radius 3 is 2.69 bits per heavy atom. The lowest BCUT2D eigenvalue weighted by molar-refractivity contribution is 0.0712. The van der Waals surface area contributed by atoms with Gasteiger partial charge in [-0.05, 0) is 53.9 Å². The number of amides is 1. The number of aromatic nitrogens is 2. The van der Waals surface area contributed by atoms with Crippen molar-refractivity contribution in [3.63, 3.8) is 0 Å². The summed E-state index contributed by atoms with van der Waals surface area (Å²) in [5, 5.41) is 6.16. The number of hydrogen-bond donors (Lipinski definition) is 0. The van der Waals surface area contributed by atoms with E-state index in [-0.39, 0.29) is 11.9 Å². The first-order valence-corrected chi connectivity index (χ1v) is 10.4. The van der Waals surface area contributed by atoms with Crippen molar-refractivity contribution in [2.24, 2.45) is 0 Å². The van der Waals surface area contributed by atoms with Crippen molar-refractivity contribution in [2.75, 3.05) is 6.54 Å². The minimum absolute atomic E-state index is 0.00712. The first-order valence-electron chi connectivity index (χ1n) is 9.59. The van der Waals surface area contributed by atoms with E-state index in [2.05, 4.69) is 26.1 Å². The van der Waals surface area contributed by atoms with E-state index < -0.39 is 0 Å². The summed E-state index contributed by atoms with van der Waals surface area (Å²) in [7, 11) is 0.